The maximum absolute atomic E-state index is 12.2. The molecule has 148 valence electrons. The number of rotatable bonds is 8. The molecule has 13 heteroatoms. The molecule has 0 spiro atoms. The summed E-state index contributed by atoms with van der Waals surface area (Å²) < 4.78 is 24.4. The van der Waals surface area contributed by atoms with Gasteiger partial charge in [0.1, 0.15) is 6.26 Å². The molecule has 2 N–H and O–H groups in total. The number of anilines is 1. The molecule has 0 aliphatic carbocycles. The van der Waals surface area contributed by atoms with Crippen molar-refractivity contribution in [2.24, 2.45) is 5.41 Å². The maximum atomic E-state index is 12.2. The van der Waals surface area contributed by atoms with Crippen molar-refractivity contribution in [1.29, 1.82) is 0 Å². The van der Waals surface area contributed by atoms with Crippen molar-refractivity contribution in [3.63, 3.8) is 0 Å². The van der Waals surface area contributed by atoms with Gasteiger partial charge < -0.3 is 10.2 Å². The third-order valence-corrected chi connectivity index (χ3v) is 5.24. The summed E-state index contributed by atoms with van der Waals surface area (Å²) in [5, 5.41) is 33.4. The van der Waals surface area contributed by atoms with Gasteiger partial charge in [-0.15, -0.1) is 0 Å². The normalized spacial score (nSPS) is 12.0. The molecule has 0 bridgehead atoms. The second-order valence-electron chi connectivity index (χ2n) is 5.97. The van der Waals surface area contributed by atoms with Crippen LogP contribution < -0.4 is 5.32 Å². The lowest BCUT2D eigenvalue weighted by molar-refractivity contribution is -0.399. The minimum Gasteiger partial charge on any atom is -0.347 e. The first-order valence-corrected chi connectivity index (χ1v) is 8.92. The second kappa shape index (κ2) is 8.09. The van der Waals surface area contributed by atoms with Crippen molar-refractivity contribution in [2.45, 2.75) is 32.1 Å². The zero-order valence-corrected chi connectivity index (χ0v) is 15.3. The quantitative estimate of drug-likeness (QED) is 0.285. The zero-order chi connectivity index (χ0) is 21.0. The summed E-state index contributed by atoms with van der Waals surface area (Å²) in [6.45, 7) is 4.93. The number of nitro groups is 2. The molecule has 0 saturated carbocycles. The van der Waals surface area contributed by atoms with Crippen molar-refractivity contribution in [3.05, 3.63) is 44.0 Å². The van der Waals surface area contributed by atoms with Crippen LogP contribution >= 0.6 is 0 Å². The highest BCUT2D eigenvalue weighted by Gasteiger charge is 2.36. The average molecular weight is 403 g/mol. The lowest BCUT2D eigenvalue weighted by Crippen LogP contribution is -2.30. The van der Waals surface area contributed by atoms with E-state index in [1.807, 2.05) is 0 Å². The lowest BCUT2D eigenvalue weighted by atomic mass is 9.89. The number of nitro benzene ring substituents is 2. The molecular weight excluding hydrogens is 386 g/mol. The average Bonchev–Trinajstić information content (AvgIpc) is 2.58. The molecule has 0 saturated heterocycles. The molecule has 27 heavy (non-hydrogen) atoms. The molecule has 0 atom stereocenters. The molecule has 0 unspecified atom stereocenters. The van der Waals surface area contributed by atoms with E-state index in [1.54, 1.807) is 20.8 Å². The fraction of sp³-hybridized carbons (Fsp3) is 0.357. The lowest BCUT2D eigenvalue weighted by Gasteiger charge is -2.21. The van der Waals surface area contributed by atoms with Crippen LogP contribution in [0, 0.1) is 25.6 Å². The van der Waals surface area contributed by atoms with Crippen LogP contribution in [-0.4, -0.2) is 29.4 Å². The Hall–Kier alpha value is -3.06. The predicted octanol–water partition coefficient (Wildman–Crippen LogP) is 2.61. The first-order chi connectivity index (χ1) is 12.4. The Morgan fingerprint density at radius 1 is 1.26 bits per heavy atom. The summed E-state index contributed by atoms with van der Waals surface area (Å²) in [6, 6.07) is 1.41. The number of amides is 1. The first-order valence-electron chi connectivity index (χ1n) is 7.37. The van der Waals surface area contributed by atoms with E-state index in [4.69, 9.17) is 5.26 Å². The highest BCUT2D eigenvalue weighted by molar-refractivity contribution is 7.94. The fourth-order valence-corrected chi connectivity index (χ4v) is 3.04. The highest BCUT2D eigenvalue weighted by atomic mass is 32.2. The minimum atomic E-state index is -4.71. The molecule has 0 heterocycles. The molecule has 1 aromatic carbocycles. The number of sulfone groups is 1. The third-order valence-electron chi connectivity index (χ3n) is 3.78. The van der Waals surface area contributed by atoms with E-state index in [-0.39, 0.29) is 17.4 Å². The van der Waals surface area contributed by atoms with Gasteiger partial charge in [-0.05, 0) is 6.42 Å². The van der Waals surface area contributed by atoms with Gasteiger partial charge in [-0.25, -0.2) is 13.7 Å². The Morgan fingerprint density at radius 2 is 1.74 bits per heavy atom. The summed E-state index contributed by atoms with van der Waals surface area (Å²) in [6.07, 6.45) is 0.698. The topological polar surface area (TPSA) is 179 Å². The number of benzene rings is 1. The largest absolute Gasteiger partial charge is 0.347 e. The van der Waals surface area contributed by atoms with Crippen LogP contribution in [0.4, 0.5) is 17.1 Å². The van der Waals surface area contributed by atoms with E-state index in [9.17, 15) is 33.4 Å². The van der Waals surface area contributed by atoms with Crippen LogP contribution in [0.15, 0.2) is 28.7 Å². The Kier molecular flexibility index (Phi) is 6.59. The molecule has 0 aromatic heterocycles. The van der Waals surface area contributed by atoms with Crippen molar-refractivity contribution in [2.75, 3.05) is 5.32 Å². The van der Waals surface area contributed by atoms with Gasteiger partial charge in [0.15, 0.2) is 0 Å². The van der Waals surface area contributed by atoms with E-state index in [0.717, 1.165) is 0 Å². The number of hydrogen-bond donors (Lipinski definition) is 2. The van der Waals surface area contributed by atoms with Gasteiger partial charge in [0.25, 0.3) is 11.4 Å². The molecule has 0 fully saturated rings. The van der Waals surface area contributed by atoms with Gasteiger partial charge in [-0.3, -0.25) is 25.0 Å². The van der Waals surface area contributed by atoms with E-state index < -0.39 is 47.3 Å². The van der Waals surface area contributed by atoms with Gasteiger partial charge >= 0.3 is 0 Å². The summed E-state index contributed by atoms with van der Waals surface area (Å²) in [4.78, 5) is 34.8. The smallest absolute Gasteiger partial charge is 0.297 e. The Bertz CT molecular complexity index is 871. The SMILES string of the molecule is CCC(C)(C)C(=O)Nc1cc([N+](=O)[O-])c(S(=O)(=O)C=COO)c([N+](=O)[O-])c1. The summed E-state index contributed by atoms with van der Waals surface area (Å²) >= 11 is 0. The summed E-state index contributed by atoms with van der Waals surface area (Å²) in [5.74, 6) is -0.558. The van der Waals surface area contributed by atoms with Crippen molar-refractivity contribution >= 4 is 32.8 Å². The van der Waals surface area contributed by atoms with Gasteiger partial charge in [-0.1, -0.05) is 20.8 Å². The number of nitrogens with one attached hydrogen (secondary N) is 1. The van der Waals surface area contributed by atoms with Crippen LogP contribution in [-0.2, 0) is 19.5 Å². The molecule has 1 rings (SSSR count). The van der Waals surface area contributed by atoms with Crippen molar-refractivity contribution < 1.29 is 33.2 Å². The number of carbonyl (C=O) groups is 1. The van der Waals surface area contributed by atoms with Crippen LogP contribution in [0.5, 0.6) is 0 Å². The van der Waals surface area contributed by atoms with E-state index in [0.29, 0.717) is 18.6 Å². The summed E-state index contributed by atoms with van der Waals surface area (Å²) in [5.41, 5.74) is -3.40. The van der Waals surface area contributed by atoms with Gasteiger partial charge in [0.05, 0.1) is 20.9 Å². The third kappa shape index (κ3) is 4.98. The number of nitrogens with zero attached hydrogens (tertiary/aromatic N) is 2. The molecule has 0 aliphatic rings. The van der Waals surface area contributed by atoms with Gasteiger partial charge in [0, 0.05) is 17.5 Å². The Morgan fingerprint density at radius 3 is 2.11 bits per heavy atom. The van der Waals surface area contributed by atoms with Crippen LogP contribution in [0.2, 0.25) is 0 Å². The van der Waals surface area contributed by atoms with E-state index in [2.05, 4.69) is 10.2 Å². The minimum absolute atomic E-state index is 0.223. The first kappa shape index (κ1) is 22.0. The fourth-order valence-electron chi connectivity index (χ4n) is 1.86. The van der Waals surface area contributed by atoms with Crippen molar-refractivity contribution in [1.82, 2.24) is 0 Å². The number of carbonyl (C=O) groups excluding carboxylic acids is 1. The number of hydrogen-bond acceptors (Lipinski definition) is 9. The standard InChI is InChI=1S/C14H17N3O9S/c1-4-14(2,3)13(18)15-9-7-10(16(19)20)12(11(8-9)17(21)22)27(24,25)6-5-26-23/h5-8,23H,4H2,1-3H3,(H,15,18). The second-order valence-corrected chi connectivity index (χ2v) is 7.74. The maximum Gasteiger partial charge on any atom is 0.297 e. The Labute approximate surface area is 153 Å². The molecule has 1 amide bonds. The van der Waals surface area contributed by atoms with Crippen LogP contribution in [0.1, 0.15) is 27.2 Å². The molecule has 12 nitrogen and oxygen atoms in total. The van der Waals surface area contributed by atoms with E-state index >= 15 is 0 Å². The zero-order valence-electron chi connectivity index (χ0n) is 14.5. The molecule has 0 aliphatic heterocycles. The van der Waals surface area contributed by atoms with Gasteiger partial charge in [0.2, 0.25) is 20.6 Å². The molecule has 0 radical (unpaired) electrons. The van der Waals surface area contributed by atoms with Crippen molar-refractivity contribution in [3.8, 4) is 0 Å². The highest BCUT2D eigenvalue weighted by Crippen LogP contribution is 2.38. The van der Waals surface area contributed by atoms with E-state index in [1.165, 1.54) is 0 Å². The monoisotopic (exact) mass is 403 g/mol. The summed E-state index contributed by atoms with van der Waals surface area (Å²) in [7, 11) is -4.71. The van der Waals surface area contributed by atoms with Gasteiger partial charge in [-0.2, -0.15) is 0 Å². The predicted molar refractivity (Wildman–Crippen MR) is 92.5 cm³/mol. The molecule has 1 aromatic rings. The Balaban J connectivity index is 3.69. The van der Waals surface area contributed by atoms with Crippen LogP contribution in [0.25, 0.3) is 0 Å². The molecular formula is C14H17N3O9S. The van der Waals surface area contributed by atoms with Crippen LogP contribution in [0.3, 0.4) is 0 Å².